The van der Waals surface area contributed by atoms with E-state index in [9.17, 15) is 0 Å². The van der Waals surface area contributed by atoms with Crippen molar-refractivity contribution in [2.45, 2.75) is 26.4 Å². The monoisotopic (exact) mass is 281 g/mol. The smallest absolute Gasteiger partial charge is 0.0708 e. The van der Waals surface area contributed by atoms with Crippen molar-refractivity contribution in [3.8, 4) is 0 Å². The molecule has 5 heteroatoms. The van der Waals surface area contributed by atoms with Gasteiger partial charge in [0.1, 0.15) is 0 Å². The summed E-state index contributed by atoms with van der Waals surface area (Å²) in [5, 5.41) is 12.5. The van der Waals surface area contributed by atoms with Crippen LogP contribution in [0.1, 0.15) is 17.7 Å². The second-order valence-corrected chi connectivity index (χ2v) is 5.14. The van der Waals surface area contributed by atoms with Gasteiger partial charge in [0.05, 0.1) is 11.7 Å². The fourth-order valence-electron chi connectivity index (χ4n) is 2.48. The van der Waals surface area contributed by atoms with Crippen LogP contribution in [-0.4, -0.2) is 26.5 Å². The minimum Gasteiger partial charge on any atom is -0.313 e. The van der Waals surface area contributed by atoms with Crippen molar-refractivity contribution in [2.24, 2.45) is 0 Å². The molecule has 0 bridgehead atoms. The Morgan fingerprint density at radius 1 is 1.24 bits per heavy atom. The van der Waals surface area contributed by atoms with Gasteiger partial charge >= 0.3 is 0 Å². The van der Waals surface area contributed by atoms with Gasteiger partial charge in [-0.3, -0.25) is 9.67 Å². The number of hydrogen-bond donors (Lipinski definition) is 1. The van der Waals surface area contributed by atoms with E-state index in [0.717, 1.165) is 37.3 Å². The minimum atomic E-state index is 0.862. The summed E-state index contributed by atoms with van der Waals surface area (Å²) in [6, 6.07) is 10.5. The molecule has 108 valence electrons. The molecule has 2 aromatic heterocycles. The molecule has 0 aliphatic carbocycles. The normalized spacial score (nSPS) is 11.1. The molecule has 0 aliphatic heterocycles. The lowest BCUT2D eigenvalue weighted by Crippen LogP contribution is -2.17. The van der Waals surface area contributed by atoms with Gasteiger partial charge in [0.2, 0.25) is 0 Å². The fraction of sp³-hybridized carbons (Fsp3) is 0.312. The van der Waals surface area contributed by atoms with E-state index in [4.69, 9.17) is 0 Å². The van der Waals surface area contributed by atoms with Gasteiger partial charge < -0.3 is 5.32 Å². The van der Waals surface area contributed by atoms with Crippen LogP contribution in [0.5, 0.6) is 0 Å². The van der Waals surface area contributed by atoms with E-state index in [-0.39, 0.29) is 0 Å². The number of benzene rings is 1. The van der Waals surface area contributed by atoms with E-state index in [2.05, 4.69) is 44.9 Å². The van der Waals surface area contributed by atoms with Gasteiger partial charge in [-0.25, -0.2) is 0 Å². The molecule has 0 unspecified atom stereocenters. The highest BCUT2D eigenvalue weighted by Crippen LogP contribution is 2.17. The lowest BCUT2D eigenvalue weighted by atomic mass is 10.1. The molecule has 0 amide bonds. The summed E-state index contributed by atoms with van der Waals surface area (Å²) >= 11 is 0. The van der Waals surface area contributed by atoms with E-state index in [1.54, 1.807) is 6.20 Å². The average molecular weight is 281 g/mol. The van der Waals surface area contributed by atoms with Crippen LogP contribution in [0.15, 0.2) is 42.7 Å². The van der Waals surface area contributed by atoms with Crippen LogP contribution in [0.2, 0.25) is 0 Å². The maximum absolute atomic E-state index is 4.57. The molecule has 0 saturated carbocycles. The highest BCUT2D eigenvalue weighted by Gasteiger charge is 2.03. The van der Waals surface area contributed by atoms with Crippen molar-refractivity contribution in [1.82, 2.24) is 25.3 Å². The van der Waals surface area contributed by atoms with Gasteiger partial charge in [-0.15, -0.1) is 5.10 Å². The lowest BCUT2D eigenvalue weighted by Gasteiger charge is -2.09. The predicted octanol–water partition coefficient (Wildman–Crippen LogP) is 2.31. The number of hydrogen-bond acceptors (Lipinski definition) is 4. The van der Waals surface area contributed by atoms with Gasteiger partial charge in [-0.1, -0.05) is 23.4 Å². The third-order valence-electron chi connectivity index (χ3n) is 3.46. The van der Waals surface area contributed by atoms with Crippen molar-refractivity contribution >= 4 is 10.9 Å². The van der Waals surface area contributed by atoms with Crippen LogP contribution in [0.4, 0.5) is 0 Å². The molecule has 5 nitrogen and oxygen atoms in total. The molecule has 0 fully saturated rings. The zero-order valence-corrected chi connectivity index (χ0v) is 12.2. The third-order valence-corrected chi connectivity index (χ3v) is 3.46. The molecule has 1 N–H and O–H groups in total. The van der Waals surface area contributed by atoms with Gasteiger partial charge in [-0.2, -0.15) is 0 Å². The summed E-state index contributed by atoms with van der Waals surface area (Å²) < 4.78 is 1.85. The molecular formula is C16H19N5. The Kier molecular flexibility index (Phi) is 4.21. The molecule has 2 heterocycles. The molecule has 3 aromatic rings. The topological polar surface area (TPSA) is 55.6 Å². The molecule has 0 atom stereocenters. The summed E-state index contributed by atoms with van der Waals surface area (Å²) in [6.07, 6.45) is 4.63. The zero-order valence-electron chi connectivity index (χ0n) is 12.2. The number of nitrogens with zero attached hydrogens (tertiary/aromatic N) is 4. The number of rotatable bonds is 6. The van der Waals surface area contributed by atoms with Crippen LogP contribution in [0.25, 0.3) is 10.9 Å². The van der Waals surface area contributed by atoms with E-state index >= 15 is 0 Å². The van der Waals surface area contributed by atoms with Crippen molar-refractivity contribution in [1.29, 1.82) is 0 Å². The third kappa shape index (κ3) is 3.44. The first-order valence-corrected chi connectivity index (χ1v) is 7.23. The van der Waals surface area contributed by atoms with E-state index in [0.29, 0.717) is 0 Å². The fourth-order valence-corrected chi connectivity index (χ4v) is 2.48. The number of nitrogens with one attached hydrogen (secondary N) is 1. The maximum Gasteiger partial charge on any atom is 0.0708 e. The first kappa shape index (κ1) is 13.7. The first-order chi connectivity index (χ1) is 10.3. The molecular weight excluding hydrogens is 262 g/mol. The van der Waals surface area contributed by atoms with Gasteiger partial charge in [-0.05, 0) is 37.6 Å². The molecule has 0 radical (unpaired) electrons. The standard InChI is InChI=1S/C16H19N5/c1-13-11-14(15-5-2-3-6-16(15)19-13)12-17-7-4-9-21-10-8-18-20-21/h2-3,5-6,8,10-11,17H,4,7,9,12H2,1H3. The van der Waals surface area contributed by atoms with Crippen molar-refractivity contribution in [2.75, 3.05) is 6.54 Å². The highest BCUT2D eigenvalue weighted by molar-refractivity contribution is 5.82. The summed E-state index contributed by atoms with van der Waals surface area (Å²) in [7, 11) is 0. The van der Waals surface area contributed by atoms with Crippen molar-refractivity contribution < 1.29 is 0 Å². The number of para-hydroxylation sites is 1. The highest BCUT2D eigenvalue weighted by atomic mass is 15.4. The summed E-state index contributed by atoms with van der Waals surface area (Å²) in [4.78, 5) is 4.57. The van der Waals surface area contributed by atoms with Gasteiger partial charge in [0, 0.05) is 30.4 Å². The quantitative estimate of drug-likeness (QED) is 0.704. The van der Waals surface area contributed by atoms with Crippen LogP contribution >= 0.6 is 0 Å². The van der Waals surface area contributed by atoms with Crippen LogP contribution in [-0.2, 0) is 13.1 Å². The molecule has 0 saturated heterocycles. The maximum atomic E-state index is 4.57. The lowest BCUT2D eigenvalue weighted by molar-refractivity contribution is 0.530. The van der Waals surface area contributed by atoms with Gasteiger partial charge in [0.25, 0.3) is 0 Å². The number of aromatic nitrogens is 4. The molecule has 3 rings (SSSR count). The first-order valence-electron chi connectivity index (χ1n) is 7.23. The molecule has 0 aliphatic rings. The van der Waals surface area contributed by atoms with Crippen LogP contribution in [0, 0.1) is 6.92 Å². The Labute approximate surface area is 124 Å². The van der Waals surface area contributed by atoms with Gasteiger partial charge in [0.15, 0.2) is 0 Å². The second-order valence-electron chi connectivity index (χ2n) is 5.14. The number of aryl methyl sites for hydroxylation is 2. The Morgan fingerprint density at radius 3 is 3.00 bits per heavy atom. The molecule has 21 heavy (non-hydrogen) atoms. The van der Waals surface area contributed by atoms with Crippen LogP contribution < -0.4 is 5.32 Å². The number of fused-ring (bicyclic) bond motifs is 1. The van der Waals surface area contributed by atoms with E-state index in [1.165, 1.54) is 10.9 Å². The minimum absolute atomic E-state index is 0.862. The Bertz CT molecular complexity index is 706. The average Bonchev–Trinajstić information content (AvgIpc) is 3.00. The van der Waals surface area contributed by atoms with Crippen LogP contribution in [0.3, 0.4) is 0 Å². The van der Waals surface area contributed by atoms with Crippen molar-refractivity contribution in [3.63, 3.8) is 0 Å². The second kappa shape index (κ2) is 6.45. The summed E-state index contributed by atoms with van der Waals surface area (Å²) in [6.45, 7) is 4.75. The van der Waals surface area contributed by atoms with Crippen molar-refractivity contribution in [3.05, 3.63) is 54.0 Å². The summed E-state index contributed by atoms with van der Waals surface area (Å²) in [5.74, 6) is 0. The Balaban J connectivity index is 1.57. The Hall–Kier alpha value is -2.27. The zero-order chi connectivity index (χ0) is 14.5. The summed E-state index contributed by atoms with van der Waals surface area (Å²) in [5.41, 5.74) is 3.43. The SMILES string of the molecule is Cc1cc(CNCCCn2ccnn2)c2ccccc2n1. The largest absolute Gasteiger partial charge is 0.313 e. The van der Waals surface area contributed by atoms with E-state index in [1.807, 2.05) is 23.9 Å². The predicted molar refractivity (Wildman–Crippen MR) is 82.8 cm³/mol. The molecule has 1 aromatic carbocycles. The van der Waals surface area contributed by atoms with E-state index < -0.39 is 0 Å². The number of pyridine rings is 1. The Morgan fingerprint density at radius 2 is 2.14 bits per heavy atom. The molecule has 0 spiro atoms.